The quantitative estimate of drug-likeness (QED) is 0.363. The lowest BCUT2D eigenvalue weighted by Crippen LogP contribution is -2.33. The van der Waals surface area contributed by atoms with E-state index in [4.69, 9.17) is 4.74 Å². The zero-order valence-corrected chi connectivity index (χ0v) is 11.2. The van der Waals surface area contributed by atoms with Crippen molar-refractivity contribution in [3.63, 3.8) is 0 Å². The van der Waals surface area contributed by atoms with E-state index in [0.29, 0.717) is 6.61 Å². The Hall–Kier alpha value is -0.830. The molecular formula is C14H26O3. The van der Waals surface area contributed by atoms with Gasteiger partial charge in [0.2, 0.25) is 0 Å². The number of aliphatic hydroxyl groups is 1. The highest BCUT2D eigenvalue weighted by molar-refractivity contribution is 5.78. The summed E-state index contributed by atoms with van der Waals surface area (Å²) in [6, 6.07) is 0. The Labute approximate surface area is 105 Å². The molecule has 0 rings (SSSR count). The van der Waals surface area contributed by atoms with Gasteiger partial charge in [-0.05, 0) is 33.1 Å². The van der Waals surface area contributed by atoms with Gasteiger partial charge in [-0.15, -0.1) is 6.58 Å². The molecule has 0 aliphatic carbocycles. The summed E-state index contributed by atoms with van der Waals surface area (Å²) in [4.78, 5) is 11.2. The highest BCUT2D eigenvalue weighted by Gasteiger charge is 2.25. The van der Waals surface area contributed by atoms with Crippen LogP contribution in [0.1, 0.15) is 58.8 Å². The van der Waals surface area contributed by atoms with Gasteiger partial charge in [-0.1, -0.05) is 31.8 Å². The van der Waals surface area contributed by atoms with E-state index in [1.807, 2.05) is 6.08 Å². The molecule has 0 unspecified atom stereocenters. The molecule has 0 amide bonds. The molecule has 0 bridgehead atoms. The average Bonchev–Trinajstić information content (AvgIpc) is 2.25. The minimum absolute atomic E-state index is 0.412. The molecule has 0 aromatic rings. The number of hydrogen-bond acceptors (Lipinski definition) is 3. The van der Waals surface area contributed by atoms with E-state index in [1.165, 1.54) is 39.5 Å². The first kappa shape index (κ1) is 16.2. The summed E-state index contributed by atoms with van der Waals surface area (Å²) in [5.74, 6) is -0.538. The van der Waals surface area contributed by atoms with E-state index in [2.05, 4.69) is 6.58 Å². The van der Waals surface area contributed by atoms with Crippen LogP contribution in [-0.4, -0.2) is 23.3 Å². The number of carbonyl (C=O) groups is 1. The third-order valence-electron chi connectivity index (χ3n) is 2.54. The van der Waals surface area contributed by atoms with Gasteiger partial charge in [0.25, 0.3) is 0 Å². The van der Waals surface area contributed by atoms with Gasteiger partial charge in [0.1, 0.15) is 0 Å². The molecule has 0 aromatic carbocycles. The van der Waals surface area contributed by atoms with Crippen LogP contribution in [0.5, 0.6) is 0 Å². The Balaban J connectivity index is 3.24. The molecule has 3 heteroatoms. The van der Waals surface area contributed by atoms with E-state index >= 15 is 0 Å². The van der Waals surface area contributed by atoms with Crippen molar-refractivity contribution in [2.75, 3.05) is 6.61 Å². The molecule has 0 saturated heterocycles. The van der Waals surface area contributed by atoms with E-state index < -0.39 is 11.6 Å². The van der Waals surface area contributed by atoms with Crippen LogP contribution in [0, 0.1) is 0 Å². The van der Waals surface area contributed by atoms with Gasteiger partial charge < -0.3 is 9.84 Å². The molecule has 0 atom stereocenters. The summed E-state index contributed by atoms with van der Waals surface area (Å²) in [5, 5.41) is 9.33. The van der Waals surface area contributed by atoms with E-state index in [0.717, 1.165) is 19.3 Å². The van der Waals surface area contributed by atoms with Crippen molar-refractivity contribution in [3.05, 3.63) is 12.7 Å². The van der Waals surface area contributed by atoms with Gasteiger partial charge in [0.05, 0.1) is 6.61 Å². The maximum Gasteiger partial charge on any atom is 0.337 e. The maximum absolute atomic E-state index is 11.2. The second kappa shape index (κ2) is 9.23. The van der Waals surface area contributed by atoms with Gasteiger partial charge in [-0.25, -0.2) is 4.79 Å². The lowest BCUT2D eigenvalue weighted by Gasteiger charge is -2.15. The van der Waals surface area contributed by atoms with Crippen LogP contribution in [-0.2, 0) is 9.53 Å². The minimum atomic E-state index is -1.37. The molecule has 0 spiro atoms. The van der Waals surface area contributed by atoms with Crippen molar-refractivity contribution in [2.24, 2.45) is 0 Å². The summed E-state index contributed by atoms with van der Waals surface area (Å²) in [7, 11) is 0. The van der Waals surface area contributed by atoms with Crippen molar-refractivity contribution in [1.29, 1.82) is 0 Å². The van der Waals surface area contributed by atoms with Crippen molar-refractivity contribution in [2.45, 2.75) is 64.4 Å². The monoisotopic (exact) mass is 242 g/mol. The number of unbranched alkanes of at least 4 members (excludes halogenated alkanes) is 6. The maximum atomic E-state index is 11.2. The molecule has 0 aliphatic rings. The number of carbonyl (C=O) groups excluding carboxylic acids is 1. The zero-order chi connectivity index (χ0) is 13.1. The molecule has 0 radical (unpaired) electrons. The standard InChI is InChI=1S/C14H26O3/c1-4-5-6-7-8-9-10-11-12-17-13(15)14(2,3)16/h4,16H,1,5-12H2,2-3H3. The number of rotatable bonds is 10. The largest absolute Gasteiger partial charge is 0.464 e. The minimum Gasteiger partial charge on any atom is -0.464 e. The van der Waals surface area contributed by atoms with Gasteiger partial charge in [0, 0.05) is 0 Å². The number of allylic oxidation sites excluding steroid dienone is 1. The fourth-order valence-corrected chi connectivity index (χ4v) is 1.44. The molecule has 0 aromatic heterocycles. The second-order valence-electron chi connectivity index (χ2n) is 4.89. The normalized spacial score (nSPS) is 11.2. The molecular weight excluding hydrogens is 216 g/mol. The fraction of sp³-hybridized carbons (Fsp3) is 0.786. The van der Waals surface area contributed by atoms with Crippen LogP contribution in [0.2, 0.25) is 0 Å². The summed E-state index contributed by atoms with van der Waals surface area (Å²) in [6.45, 7) is 6.98. The first-order valence-corrected chi connectivity index (χ1v) is 6.49. The molecule has 0 heterocycles. The Kier molecular flexibility index (Phi) is 8.78. The predicted octanol–water partition coefficient (Wildman–Crippen LogP) is 3.22. The topological polar surface area (TPSA) is 46.5 Å². The highest BCUT2D eigenvalue weighted by atomic mass is 16.5. The first-order chi connectivity index (χ1) is 7.98. The van der Waals surface area contributed by atoms with Crippen LogP contribution in [0.4, 0.5) is 0 Å². The van der Waals surface area contributed by atoms with Crippen molar-refractivity contribution in [3.8, 4) is 0 Å². The number of ether oxygens (including phenoxy) is 1. The third kappa shape index (κ3) is 10.1. The summed E-state index contributed by atoms with van der Waals surface area (Å²) in [5.41, 5.74) is -1.37. The molecule has 100 valence electrons. The SMILES string of the molecule is C=CCCCCCCCCOC(=O)C(C)(C)O. The second-order valence-corrected chi connectivity index (χ2v) is 4.89. The van der Waals surface area contributed by atoms with Crippen LogP contribution >= 0.6 is 0 Å². The van der Waals surface area contributed by atoms with Crippen LogP contribution < -0.4 is 0 Å². The fourth-order valence-electron chi connectivity index (χ4n) is 1.44. The van der Waals surface area contributed by atoms with Crippen molar-refractivity contribution >= 4 is 5.97 Å². The molecule has 1 N–H and O–H groups in total. The summed E-state index contributed by atoms with van der Waals surface area (Å²) in [6.07, 6.45) is 9.88. The molecule has 0 aliphatic heterocycles. The van der Waals surface area contributed by atoms with Crippen molar-refractivity contribution < 1.29 is 14.6 Å². The zero-order valence-electron chi connectivity index (χ0n) is 11.2. The first-order valence-electron chi connectivity index (χ1n) is 6.49. The van der Waals surface area contributed by atoms with Gasteiger partial charge in [0.15, 0.2) is 5.60 Å². The summed E-state index contributed by atoms with van der Waals surface area (Å²) < 4.78 is 4.95. The molecule has 3 nitrogen and oxygen atoms in total. The molecule has 0 fully saturated rings. The Morgan fingerprint density at radius 3 is 2.24 bits per heavy atom. The summed E-state index contributed by atoms with van der Waals surface area (Å²) >= 11 is 0. The molecule has 17 heavy (non-hydrogen) atoms. The van der Waals surface area contributed by atoms with Crippen molar-refractivity contribution in [1.82, 2.24) is 0 Å². The lowest BCUT2D eigenvalue weighted by molar-refractivity contribution is -0.161. The van der Waals surface area contributed by atoms with Crippen LogP contribution in [0.15, 0.2) is 12.7 Å². The highest BCUT2D eigenvalue weighted by Crippen LogP contribution is 2.08. The van der Waals surface area contributed by atoms with Gasteiger partial charge >= 0.3 is 5.97 Å². The van der Waals surface area contributed by atoms with Crippen LogP contribution in [0.25, 0.3) is 0 Å². The Morgan fingerprint density at radius 2 is 1.71 bits per heavy atom. The Morgan fingerprint density at radius 1 is 1.18 bits per heavy atom. The van der Waals surface area contributed by atoms with E-state index in [9.17, 15) is 9.90 Å². The molecule has 0 saturated carbocycles. The van der Waals surface area contributed by atoms with Crippen LogP contribution in [0.3, 0.4) is 0 Å². The van der Waals surface area contributed by atoms with E-state index in [1.54, 1.807) is 0 Å². The Bertz CT molecular complexity index is 216. The number of esters is 1. The van der Waals surface area contributed by atoms with E-state index in [-0.39, 0.29) is 0 Å². The lowest BCUT2D eigenvalue weighted by atomic mass is 10.1. The third-order valence-corrected chi connectivity index (χ3v) is 2.54. The predicted molar refractivity (Wildman–Crippen MR) is 69.8 cm³/mol. The average molecular weight is 242 g/mol. The van der Waals surface area contributed by atoms with Gasteiger partial charge in [-0.2, -0.15) is 0 Å². The smallest absolute Gasteiger partial charge is 0.337 e. The number of hydrogen-bond donors (Lipinski definition) is 1. The van der Waals surface area contributed by atoms with Gasteiger partial charge in [-0.3, -0.25) is 0 Å².